The second kappa shape index (κ2) is 5.64. The average molecular weight is 294 g/mol. The number of aryl methyl sites for hydroxylation is 2. The van der Waals surface area contributed by atoms with Gasteiger partial charge in [-0.25, -0.2) is 0 Å². The molecule has 0 radical (unpaired) electrons. The third-order valence-electron chi connectivity index (χ3n) is 4.06. The van der Waals surface area contributed by atoms with Crippen LogP contribution in [0, 0.1) is 24.0 Å². The third-order valence-corrected chi connectivity index (χ3v) is 4.06. The molecule has 1 aromatic carbocycles. The summed E-state index contributed by atoms with van der Waals surface area (Å²) < 4.78 is 2.06. The molecule has 22 heavy (non-hydrogen) atoms. The van der Waals surface area contributed by atoms with Crippen LogP contribution in [0.1, 0.15) is 28.3 Å². The number of fused-ring (bicyclic) bond motifs is 1. The summed E-state index contributed by atoms with van der Waals surface area (Å²) in [4.78, 5) is 11.0. The van der Waals surface area contributed by atoms with Crippen molar-refractivity contribution < 1.29 is 4.92 Å². The Morgan fingerprint density at radius 2 is 1.86 bits per heavy atom. The van der Waals surface area contributed by atoms with Crippen LogP contribution in [0.15, 0.2) is 54.7 Å². The van der Waals surface area contributed by atoms with Gasteiger partial charge in [0.05, 0.1) is 5.92 Å². The lowest BCUT2D eigenvalue weighted by Gasteiger charge is -2.16. The predicted octanol–water partition coefficient (Wildman–Crippen LogP) is 3.96. The Morgan fingerprint density at radius 1 is 1.14 bits per heavy atom. The van der Waals surface area contributed by atoms with E-state index in [2.05, 4.69) is 10.5 Å². The molecule has 0 saturated carbocycles. The van der Waals surface area contributed by atoms with Crippen LogP contribution < -0.4 is 0 Å². The van der Waals surface area contributed by atoms with E-state index in [9.17, 15) is 10.1 Å². The Balaban J connectivity index is 2.17. The molecule has 0 aliphatic heterocycles. The fraction of sp³-hybridized carbons (Fsp3) is 0.222. The van der Waals surface area contributed by atoms with Crippen LogP contribution in [0.4, 0.5) is 0 Å². The smallest absolute Gasteiger partial charge is 0.216 e. The van der Waals surface area contributed by atoms with E-state index >= 15 is 0 Å². The van der Waals surface area contributed by atoms with Gasteiger partial charge in [-0.15, -0.1) is 0 Å². The van der Waals surface area contributed by atoms with Gasteiger partial charge in [0.25, 0.3) is 0 Å². The summed E-state index contributed by atoms with van der Waals surface area (Å²) in [5, 5.41) is 11.2. The zero-order chi connectivity index (χ0) is 15.7. The number of nitro groups is 1. The van der Waals surface area contributed by atoms with Crippen molar-refractivity contribution in [2.24, 2.45) is 0 Å². The molecule has 0 bridgehead atoms. The lowest BCUT2D eigenvalue weighted by molar-refractivity contribution is -0.482. The van der Waals surface area contributed by atoms with Crippen molar-refractivity contribution in [3.63, 3.8) is 0 Å². The highest BCUT2D eigenvalue weighted by Gasteiger charge is 2.25. The summed E-state index contributed by atoms with van der Waals surface area (Å²) in [6, 6.07) is 16.0. The monoisotopic (exact) mass is 294 g/mol. The third kappa shape index (κ3) is 2.60. The molecule has 3 aromatic rings. The Morgan fingerprint density at radius 3 is 2.55 bits per heavy atom. The van der Waals surface area contributed by atoms with Crippen molar-refractivity contribution in [2.75, 3.05) is 6.54 Å². The van der Waals surface area contributed by atoms with Crippen LogP contribution >= 0.6 is 0 Å². The molecule has 2 aromatic heterocycles. The first kappa shape index (κ1) is 14.3. The first-order valence-corrected chi connectivity index (χ1v) is 7.31. The van der Waals surface area contributed by atoms with Gasteiger partial charge in [-0.1, -0.05) is 35.9 Å². The maximum atomic E-state index is 11.2. The van der Waals surface area contributed by atoms with E-state index in [1.54, 1.807) is 0 Å². The van der Waals surface area contributed by atoms with Crippen molar-refractivity contribution in [3.05, 3.63) is 87.2 Å². The van der Waals surface area contributed by atoms with Crippen LogP contribution in [0.25, 0.3) is 5.52 Å². The average Bonchev–Trinajstić information content (AvgIpc) is 2.81. The molecule has 0 unspecified atom stereocenters. The van der Waals surface area contributed by atoms with Crippen molar-refractivity contribution in [1.82, 2.24) is 4.40 Å². The molecule has 112 valence electrons. The molecule has 0 saturated heterocycles. The van der Waals surface area contributed by atoms with Gasteiger partial charge in [-0.05, 0) is 43.2 Å². The fourth-order valence-electron chi connectivity index (χ4n) is 3.02. The number of aromatic nitrogens is 1. The molecule has 4 nitrogen and oxygen atoms in total. The molecular weight excluding hydrogens is 276 g/mol. The minimum atomic E-state index is -0.250. The normalized spacial score (nSPS) is 12.5. The van der Waals surface area contributed by atoms with Crippen LogP contribution in [0.2, 0.25) is 0 Å². The Kier molecular flexibility index (Phi) is 3.67. The van der Waals surface area contributed by atoms with Gasteiger partial charge in [0, 0.05) is 22.3 Å². The van der Waals surface area contributed by atoms with E-state index in [0.717, 1.165) is 27.9 Å². The van der Waals surface area contributed by atoms with Crippen molar-refractivity contribution in [3.8, 4) is 0 Å². The minimum Gasteiger partial charge on any atom is -0.320 e. The van der Waals surface area contributed by atoms with Crippen LogP contribution in [0.5, 0.6) is 0 Å². The van der Waals surface area contributed by atoms with Gasteiger partial charge in [0.15, 0.2) is 0 Å². The summed E-state index contributed by atoms with van der Waals surface area (Å²) in [5.41, 5.74) is 5.28. The van der Waals surface area contributed by atoms with Gasteiger partial charge < -0.3 is 4.40 Å². The quantitative estimate of drug-likeness (QED) is 0.540. The van der Waals surface area contributed by atoms with E-state index in [-0.39, 0.29) is 17.4 Å². The van der Waals surface area contributed by atoms with Gasteiger partial charge in [-0.2, -0.15) is 0 Å². The summed E-state index contributed by atoms with van der Waals surface area (Å²) in [6.07, 6.45) is 1.97. The summed E-state index contributed by atoms with van der Waals surface area (Å²) in [7, 11) is 0. The van der Waals surface area contributed by atoms with E-state index < -0.39 is 0 Å². The summed E-state index contributed by atoms with van der Waals surface area (Å²) in [5.74, 6) is -0.250. The van der Waals surface area contributed by atoms with Crippen molar-refractivity contribution >= 4 is 5.52 Å². The standard InChI is InChI=1S/C18H18N2O2/c1-13-6-8-15(9-7-13)17(12-20(21)22)18-14(2)11-16-5-3-4-10-19(16)18/h3-11,17H,12H2,1-2H3/t17-/m1/s1. The van der Waals surface area contributed by atoms with Gasteiger partial charge in [0.1, 0.15) is 0 Å². The lowest BCUT2D eigenvalue weighted by Crippen LogP contribution is -2.16. The molecular formula is C18H18N2O2. The number of rotatable bonds is 4. The Hall–Kier alpha value is -2.62. The molecule has 0 spiro atoms. The van der Waals surface area contributed by atoms with Crippen LogP contribution in [0.3, 0.4) is 0 Å². The Bertz CT molecular complexity index is 819. The lowest BCUT2D eigenvalue weighted by atomic mass is 9.93. The molecule has 4 heteroatoms. The molecule has 0 amide bonds. The first-order valence-electron chi connectivity index (χ1n) is 7.31. The maximum absolute atomic E-state index is 11.2. The zero-order valence-corrected chi connectivity index (χ0v) is 12.7. The molecule has 2 heterocycles. The van der Waals surface area contributed by atoms with E-state index in [1.165, 1.54) is 0 Å². The number of benzene rings is 1. The van der Waals surface area contributed by atoms with E-state index in [4.69, 9.17) is 0 Å². The topological polar surface area (TPSA) is 47.5 Å². The second-order valence-electron chi connectivity index (χ2n) is 5.69. The number of nitrogens with zero attached hydrogens (tertiary/aromatic N) is 2. The van der Waals surface area contributed by atoms with Crippen LogP contribution in [-0.4, -0.2) is 15.9 Å². The molecule has 1 atom stereocenters. The highest BCUT2D eigenvalue weighted by molar-refractivity contribution is 5.55. The fourth-order valence-corrected chi connectivity index (χ4v) is 3.02. The molecule has 0 aliphatic carbocycles. The zero-order valence-electron chi connectivity index (χ0n) is 12.7. The predicted molar refractivity (Wildman–Crippen MR) is 87.0 cm³/mol. The van der Waals surface area contributed by atoms with Crippen LogP contribution in [-0.2, 0) is 0 Å². The van der Waals surface area contributed by atoms with Crippen molar-refractivity contribution in [1.29, 1.82) is 0 Å². The summed E-state index contributed by atoms with van der Waals surface area (Å²) >= 11 is 0. The van der Waals surface area contributed by atoms with Gasteiger partial charge in [-0.3, -0.25) is 10.1 Å². The molecule has 0 fully saturated rings. The Labute approximate surface area is 129 Å². The van der Waals surface area contributed by atoms with Crippen molar-refractivity contribution in [2.45, 2.75) is 19.8 Å². The molecule has 0 aliphatic rings. The van der Waals surface area contributed by atoms with Gasteiger partial charge in [0.2, 0.25) is 6.54 Å². The largest absolute Gasteiger partial charge is 0.320 e. The van der Waals surface area contributed by atoms with Gasteiger partial charge >= 0.3 is 0 Å². The van der Waals surface area contributed by atoms with E-state index in [0.29, 0.717) is 0 Å². The number of pyridine rings is 1. The highest BCUT2D eigenvalue weighted by Crippen LogP contribution is 2.30. The SMILES string of the molecule is Cc1ccc([C@@H](C[N+](=O)[O-])c2c(C)cc3ccccn23)cc1. The highest BCUT2D eigenvalue weighted by atomic mass is 16.6. The molecule has 0 N–H and O–H groups in total. The maximum Gasteiger partial charge on any atom is 0.216 e. The number of hydrogen-bond acceptors (Lipinski definition) is 2. The minimum absolute atomic E-state index is 0.106. The second-order valence-corrected chi connectivity index (χ2v) is 5.69. The first-order chi connectivity index (χ1) is 10.6. The molecule has 3 rings (SSSR count). The summed E-state index contributed by atoms with van der Waals surface area (Å²) in [6.45, 7) is 3.93. The van der Waals surface area contributed by atoms with E-state index in [1.807, 2.05) is 62.5 Å². The number of hydrogen-bond donors (Lipinski definition) is 0.